The van der Waals surface area contributed by atoms with Crippen molar-refractivity contribution in [1.29, 1.82) is 0 Å². The Balaban J connectivity index is 1.30. The first-order valence-electron chi connectivity index (χ1n) is 16.1. The Morgan fingerprint density at radius 1 is 0.522 bits per heavy atom. The van der Waals surface area contributed by atoms with Crippen molar-refractivity contribution in [2.24, 2.45) is 0 Å². The summed E-state index contributed by atoms with van der Waals surface area (Å²) in [7, 11) is 2.17. The highest BCUT2D eigenvalue weighted by Gasteiger charge is 2.52. The second kappa shape index (κ2) is 8.76. The molecule has 7 aromatic rings. The molecule has 2 aliphatic heterocycles. The monoisotopic (exact) mass is 592 g/mol. The predicted octanol–water partition coefficient (Wildman–Crippen LogP) is 10.0. The van der Waals surface area contributed by atoms with Crippen LogP contribution in [0.4, 0.5) is 28.7 Å². The van der Waals surface area contributed by atoms with Gasteiger partial charge in [-0.2, -0.15) is 0 Å². The van der Waals surface area contributed by atoms with E-state index in [0.29, 0.717) is 0 Å². The van der Waals surface area contributed by atoms with Crippen molar-refractivity contribution in [1.82, 2.24) is 9.55 Å². The Hall–Kier alpha value is -5.61. The number of imidazole rings is 1. The number of aromatic nitrogens is 2. The van der Waals surface area contributed by atoms with Crippen LogP contribution >= 0.6 is 0 Å². The van der Waals surface area contributed by atoms with Crippen LogP contribution in [0.25, 0.3) is 22.2 Å². The summed E-state index contributed by atoms with van der Waals surface area (Å²) >= 11 is 0. The molecule has 0 unspecified atom stereocenters. The molecule has 0 amide bonds. The van der Waals surface area contributed by atoms with Crippen molar-refractivity contribution in [2.45, 2.75) is 24.8 Å². The number of para-hydroxylation sites is 4. The zero-order chi connectivity index (χ0) is 30.8. The molecule has 46 heavy (non-hydrogen) atoms. The van der Waals surface area contributed by atoms with Gasteiger partial charge < -0.3 is 9.80 Å². The summed E-state index contributed by atoms with van der Waals surface area (Å²) in [4.78, 5) is 10.0. The third kappa shape index (κ3) is 2.97. The molecule has 0 fully saturated rings. The Kier molecular flexibility index (Phi) is 4.89. The van der Waals surface area contributed by atoms with E-state index >= 15 is 0 Å². The highest BCUT2D eigenvalue weighted by atomic mass is 15.4. The summed E-state index contributed by atoms with van der Waals surface area (Å²) in [6, 6.07) is 51.3. The van der Waals surface area contributed by atoms with Crippen LogP contribution in [0.3, 0.4) is 0 Å². The Morgan fingerprint density at radius 2 is 1.07 bits per heavy atom. The van der Waals surface area contributed by atoms with Gasteiger partial charge in [0.2, 0.25) is 5.95 Å². The first-order valence-corrected chi connectivity index (χ1v) is 16.1. The molecule has 0 saturated carbocycles. The zero-order valence-corrected chi connectivity index (χ0v) is 26.1. The lowest BCUT2D eigenvalue weighted by Gasteiger charge is -2.45. The molecule has 0 radical (unpaired) electrons. The van der Waals surface area contributed by atoms with E-state index in [1.165, 1.54) is 50.3 Å². The minimum Gasteiger partial charge on any atom is -0.315 e. The maximum absolute atomic E-state index is 5.31. The van der Waals surface area contributed by atoms with Gasteiger partial charge in [0.05, 0.1) is 28.1 Å². The maximum atomic E-state index is 5.31. The summed E-state index contributed by atoms with van der Waals surface area (Å²) in [5, 5.41) is 0. The molecule has 1 spiro atoms. The molecule has 0 bridgehead atoms. The Morgan fingerprint density at radius 3 is 1.72 bits per heavy atom. The van der Waals surface area contributed by atoms with Crippen molar-refractivity contribution in [3.63, 3.8) is 0 Å². The molecule has 220 valence electrons. The van der Waals surface area contributed by atoms with Crippen molar-refractivity contribution in [3.05, 3.63) is 167 Å². The van der Waals surface area contributed by atoms with Crippen LogP contribution in [0.15, 0.2) is 140 Å². The molecular formula is C42H32N4. The molecular weight excluding hydrogens is 560 g/mol. The third-order valence-electron chi connectivity index (χ3n) is 10.7. The highest BCUT2D eigenvalue weighted by Crippen LogP contribution is 2.61. The minimum atomic E-state index is -0.571. The fourth-order valence-corrected chi connectivity index (χ4v) is 8.73. The van der Waals surface area contributed by atoms with E-state index in [0.717, 1.165) is 28.4 Å². The number of benzene rings is 6. The first-order chi connectivity index (χ1) is 22.5. The van der Waals surface area contributed by atoms with Gasteiger partial charge in [-0.05, 0) is 69.8 Å². The Bertz CT molecular complexity index is 2300. The standard InChI is InChI=1S/C42H32N4/c1-41(2)32-18-8-11-21-36(32)45(37-22-12-9-19-33(37)41)27-24-25-34-39(26-27)44(3)40-43-35-20-10-13-23-38(35)46(40)42(34)30-16-6-4-14-28(30)29-15-5-7-17-31(29)42/h4-26H,1-3H3. The molecule has 6 aromatic carbocycles. The smallest absolute Gasteiger partial charge is 0.212 e. The first kappa shape index (κ1) is 25.7. The number of anilines is 5. The van der Waals surface area contributed by atoms with Crippen molar-refractivity contribution < 1.29 is 0 Å². The van der Waals surface area contributed by atoms with E-state index in [4.69, 9.17) is 4.98 Å². The quantitative estimate of drug-likeness (QED) is 0.190. The van der Waals surface area contributed by atoms with E-state index in [-0.39, 0.29) is 5.41 Å². The van der Waals surface area contributed by atoms with Gasteiger partial charge in [0.25, 0.3) is 0 Å². The second-order valence-electron chi connectivity index (χ2n) is 13.3. The number of nitrogens with zero attached hydrogens (tertiary/aromatic N) is 4. The summed E-state index contributed by atoms with van der Waals surface area (Å²) in [6.45, 7) is 4.68. The third-order valence-corrected chi connectivity index (χ3v) is 10.7. The molecule has 0 N–H and O–H groups in total. The van der Waals surface area contributed by atoms with E-state index in [2.05, 4.69) is 175 Å². The molecule has 3 heterocycles. The van der Waals surface area contributed by atoms with Crippen LogP contribution < -0.4 is 9.80 Å². The van der Waals surface area contributed by atoms with Gasteiger partial charge in [0.1, 0.15) is 5.54 Å². The maximum Gasteiger partial charge on any atom is 0.212 e. The predicted molar refractivity (Wildman–Crippen MR) is 188 cm³/mol. The van der Waals surface area contributed by atoms with Crippen LogP contribution in [0.2, 0.25) is 0 Å². The van der Waals surface area contributed by atoms with Crippen molar-refractivity contribution in [3.8, 4) is 11.1 Å². The van der Waals surface area contributed by atoms with Crippen LogP contribution in [0.1, 0.15) is 41.7 Å². The summed E-state index contributed by atoms with van der Waals surface area (Å²) in [6.07, 6.45) is 0. The van der Waals surface area contributed by atoms with Crippen LogP contribution in [0, 0.1) is 0 Å². The van der Waals surface area contributed by atoms with E-state index in [9.17, 15) is 0 Å². The van der Waals surface area contributed by atoms with Gasteiger partial charge in [-0.15, -0.1) is 0 Å². The highest BCUT2D eigenvalue weighted by molar-refractivity contribution is 5.94. The van der Waals surface area contributed by atoms with E-state index in [1.54, 1.807) is 0 Å². The van der Waals surface area contributed by atoms with Crippen molar-refractivity contribution >= 4 is 39.7 Å². The van der Waals surface area contributed by atoms with E-state index in [1.807, 2.05) is 0 Å². The molecule has 1 aliphatic carbocycles. The van der Waals surface area contributed by atoms with Gasteiger partial charge in [0.15, 0.2) is 0 Å². The lowest BCUT2D eigenvalue weighted by atomic mass is 9.73. The van der Waals surface area contributed by atoms with Crippen LogP contribution in [-0.4, -0.2) is 16.6 Å². The Labute approximate surface area is 268 Å². The minimum absolute atomic E-state index is 0.110. The number of rotatable bonds is 1. The number of fused-ring (bicyclic) bond motifs is 13. The van der Waals surface area contributed by atoms with E-state index < -0.39 is 5.54 Å². The fourth-order valence-electron chi connectivity index (χ4n) is 8.73. The number of hydrogen-bond acceptors (Lipinski definition) is 3. The average Bonchev–Trinajstić information content (AvgIpc) is 3.63. The molecule has 10 rings (SSSR count). The molecule has 0 atom stereocenters. The number of hydrogen-bond donors (Lipinski definition) is 0. The molecule has 1 aromatic heterocycles. The summed E-state index contributed by atoms with van der Waals surface area (Å²) < 4.78 is 2.49. The molecule has 3 aliphatic rings. The van der Waals surface area contributed by atoms with Gasteiger partial charge in [0, 0.05) is 23.7 Å². The topological polar surface area (TPSA) is 24.3 Å². The van der Waals surface area contributed by atoms with Gasteiger partial charge >= 0.3 is 0 Å². The lowest BCUT2D eigenvalue weighted by Crippen LogP contribution is -2.42. The SMILES string of the molecule is CN1c2cc(N3c4ccccc4C(C)(C)c4ccccc43)ccc2C2(c3ccccc3-c3ccccc32)n2c1nc1ccccc12. The van der Waals surface area contributed by atoms with Gasteiger partial charge in [-0.3, -0.25) is 4.57 Å². The van der Waals surface area contributed by atoms with Gasteiger partial charge in [-0.1, -0.05) is 117 Å². The average molecular weight is 593 g/mol. The normalized spacial score (nSPS) is 16.0. The second-order valence-corrected chi connectivity index (χ2v) is 13.3. The summed E-state index contributed by atoms with van der Waals surface area (Å²) in [5.74, 6) is 0.943. The molecule has 4 heteroatoms. The zero-order valence-electron chi connectivity index (χ0n) is 26.1. The van der Waals surface area contributed by atoms with Crippen LogP contribution in [0.5, 0.6) is 0 Å². The van der Waals surface area contributed by atoms with Gasteiger partial charge in [-0.25, -0.2) is 4.98 Å². The van der Waals surface area contributed by atoms with Crippen molar-refractivity contribution in [2.75, 3.05) is 16.8 Å². The summed E-state index contributed by atoms with van der Waals surface area (Å²) in [5.41, 5.74) is 15.3. The largest absolute Gasteiger partial charge is 0.315 e. The molecule has 4 nitrogen and oxygen atoms in total. The van der Waals surface area contributed by atoms with Crippen LogP contribution in [-0.2, 0) is 11.0 Å². The molecule has 0 saturated heterocycles. The lowest BCUT2D eigenvalue weighted by molar-refractivity contribution is 0.530. The fraction of sp³-hybridized carbons (Fsp3) is 0.119.